The number of benzene rings is 1. The topological polar surface area (TPSA) is 61.9 Å². The van der Waals surface area contributed by atoms with Gasteiger partial charge >= 0.3 is 0 Å². The fourth-order valence-corrected chi connectivity index (χ4v) is 3.27. The molecule has 6 heteroatoms. The van der Waals surface area contributed by atoms with Gasteiger partial charge in [-0.1, -0.05) is 49.0 Å². The molecule has 0 aliphatic carbocycles. The van der Waals surface area contributed by atoms with Crippen LogP contribution in [-0.2, 0) is 6.67 Å². The van der Waals surface area contributed by atoms with Crippen molar-refractivity contribution in [3.63, 3.8) is 0 Å². The minimum atomic E-state index is -0.257. The van der Waals surface area contributed by atoms with Crippen LogP contribution in [0.3, 0.4) is 0 Å². The molecule has 0 amide bonds. The first-order valence-corrected chi connectivity index (χ1v) is 7.68. The number of nitrogens with zero attached hydrogens (tertiary/aromatic N) is 4. The zero-order valence-electron chi connectivity index (χ0n) is 11.6. The van der Waals surface area contributed by atoms with Gasteiger partial charge in [-0.3, -0.25) is 14.3 Å². The summed E-state index contributed by atoms with van der Waals surface area (Å²) in [6.45, 7) is 3.41. The molecule has 0 spiro atoms. The van der Waals surface area contributed by atoms with E-state index in [-0.39, 0.29) is 11.1 Å². The van der Waals surface area contributed by atoms with E-state index in [4.69, 9.17) is 0 Å². The van der Waals surface area contributed by atoms with Crippen LogP contribution in [0.4, 0.5) is 0 Å². The molecular formula is C15H14N4OS. The van der Waals surface area contributed by atoms with E-state index < -0.39 is 0 Å². The van der Waals surface area contributed by atoms with Crippen molar-refractivity contribution < 1.29 is 0 Å². The predicted molar refractivity (Wildman–Crippen MR) is 81.8 cm³/mol. The zero-order valence-corrected chi connectivity index (χ0v) is 12.4. The highest BCUT2D eigenvalue weighted by Crippen LogP contribution is 2.26. The molecule has 3 rings (SSSR count). The van der Waals surface area contributed by atoms with Crippen LogP contribution in [-0.4, -0.2) is 26.9 Å². The molecule has 0 fully saturated rings. The Morgan fingerprint density at radius 2 is 2.14 bits per heavy atom. The maximum atomic E-state index is 12.6. The maximum Gasteiger partial charge on any atom is 0.273 e. The SMILES string of the molecule is CCN1CSc2nc(-c3ccccc3)c(C#N)c(=O)n2C1. The van der Waals surface area contributed by atoms with Gasteiger partial charge in [0.1, 0.15) is 11.6 Å². The van der Waals surface area contributed by atoms with E-state index in [1.54, 1.807) is 4.57 Å². The van der Waals surface area contributed by atoms with Gasteiger partial charge in [0.25, 0.3) is 5.56 Å². The van der Waals surface area contributed by atoms with Crippen molar-refractivity contribution in [3.8, 4) is 17.3 Å². The zero-order chi connectivity index (χ0) is 14.8. The van der Waals surface area contributed by atoms with Crippen molar-refractivity contribution in [1.82, 2.24) is 14.5 Å². The van der Waals surface area contributed by atoms with Gasteiger partial charge in [-0.25, -0.2) is 4.98 Å². The van der Waals surface area contributed by atoms with E-state index in [0.29, 0.717) is 17.5 Å². The molecule has 0 N–H and O–H groups in total. The van der Waals surface area contributed by atoms with Gasteiger partial charge in [0.05, 0.1) is 18.2 Å². The fraction of sp³-hybridized carbons (Fsp3) is 0.267. The van der Waals surface area contributed by atoms with Crippen LogP contribution in [0.15, 0.2) is 40.3 Å². The maximum absolute atomic E-state index is 12.6. The minimum Gasteiger partial charge on any atom is -0.276 e. The highest BCUT2D eigenvalue weighted by atomic mass is 32.2. The molecule has 0 bridgehead atoms. The van der Waals surface area contributed by atoms with E-state index in [2.05, 4.69) is 9.88 Å². The van der Waals surface area contributed by atoms with Gasteiger partial charge in [-0.15, -0.1) is 0 Å². The summed E-state index contributed by atoms with van der Waals surface area (Å²) in [6, 6.07) is 11.4. The average molecular weight is 298 g/mol. The summed E-state index contributed by atoms with van der Waals surface area (Å²) >= 11 is 1.53. The van der Waals surface area contributed by atoms with Gasteiger partial charge in [0.2, 0.25) is 0 Å². The van der Waals surface area contributed by atoms with Crippen LogP contribution in [0.5, 0.6) is 0 Å². The second kappa shape index (κ2) is 5.72. The average Bonchev–Trinajstić information content (AvgIpc) is 2.55. The molecule has 0 saturated heterocycles. The number of hydrogen-bond donors (Lipinski definition) is 0. The van der Waals surface area contributed by atoms with E-state index in [0.717, 1.165) is 18.0 Å². The Morgan fingerprint density at radius 1 is 1.38 bits per heavy atom. The van der Waals surface area contributed by atoms with Crippen molar-refractivity contribution in [2.24, 2.45) is 0 Å². The summed E-state index contributed by atoms with van der Waals surface area (Å²) in [7, 11) is 0. The molecule has 1 aliphatic heterocycles. The highest BCUT2D eigenvalue weighted by molar-refractivity contribution is 7.99. The molecule has 2 heterocycles. The molecule has 0 radical (unpaired) electrons. The summed E-state index contributed by atoms with van der Waals surface area (Å²) in [5.41, 5.74) is 1.13. The van der Waals surface area contributed by atoms with E-state index in [9.17, 15) is 10.1 Å². The molecule has 2 aromatic rings. The highest BCUT2D eigenvalue weighted by Gasteiger charge is 2.22. The fourth-order valence-electron chi connectivity index (χ4n) is 2.26. The molecule has 0 saturated carbocycles. The van der Waals surface area contributed by atoms with Crippen LogP contribution in [0.1, 0.15) is 12.5 Å². The molecule has 5 nitrogen and oxygen atoms in total. The molecule has 106 valence electrons. The summed E-state index contributed by atoms with van der Waals surface area (Å²) in [4.78, 5) is 19.3. The third kappa shape index (κ3) is 2.46. The van der Waals surface area contributed by atoms with Crippen LogP contribution in [0.25, 0.3) is 11.3 Å². The lowest BCUT2D eigenvalue weighted by atomic mass is 10.1. The monoisotopic (exact) mass is 298 g/mol. The van der Waals surface area contributed by atoms with Crippen LogP contribution in [0, 0.1) is 11.3 Å². The summed E-state index contributed by atoms with van der Waals surface area (Å²) in [6.07, 6.45) is 0. The Bertz CT molecular complexity index is 764. The van der Waals surface area contributed by atoms with Crippen molar-refractivity contribution in [2.45, 2.75) is 18.7 Å². The van der Waals surface area contributed by atoms with Crippen molar-refractivity contribution in [1.29, 1.82) is 5.26 Å². The lowest BCUT2D eigenvalue weighted by molar-refractivity contribution is 0.242. The number of nitriles is 1. The Kier molecular flexibility index (Phi) is 3.78. The molecule has 0 unspecified atom stereocenters. The first-order chi connectivity index (χ1) is 10.2. The predicted octanol–water partition coefficient (Wildman–Crippen LogP) is 2.12. The second-order valence-corrected chi connectivity index (χ2v) is 5.64. The molecular weight excluding hydrogens is 284 g/mol. The first-order valence-electron chi connectivity index (χ1n) is 6.70. The Morgan fingerprint density at radius 3 is 2.81 bits per heavy atom. The number of aromatic nitrogens is 2. The van der Waals surface area contributed by atoms with Crippen LogP contribution in [0.2, 0.25) is 0 Å². The third-order valence-electron chi connectivity index (χ3n) is 3.46. The Balaban J connectivity index is 2.19. The molecule has 21 heavy (non-hydrogen) atoms. The van der Waals surface area contributed by atoms with E-state index >= 15 is 0 Å². The minimum absolute atomic E-state index is 0.114. The molecule has 1 aromatic carbocycles. The van der Waals surface area contributed by atoms with E-state index in [1.807, 2.05) is 43.3 Å². The lowest BCUT2D eigenvalue weighted by Gasteiger charge is -2.27. The summed E-state index contributed by atoms with van der Waals surface area (Å²) in [5.74, 6) is 0.809. The summed E-state index contributed by atoms with van der Waals surface area (Å²) < 4.78 is 1.59. The van der Waals surface area contributed by atoms with Crippen LogP contribution >= 0.6 is 11.8 Å². The lowest BCUT2D eigenvalue weighted by Crippen LogP contribution is -2.38. The van der Waals surface area contributed by atoms with E-state index in [1.165, 1.54) is 11.8 Å². The van der Waals surface area contributed by atoms with Gasteiger partial charge < -0.3 is 0 Å². The van der Waals surface area contributed by atoms with Gasteiger partial charge in [-0.2, -0.15) is 5.26 Å². The normalized spacial score (nSPS) is 14.5. The number of hydrogen-bond acceptors (Lipinski definition) is 5. The van der Waals surface area contributed by atoms with Gasteiger partial charge in [-0.05, 0) is 6.54 Å². The Labute approximate surface area is 126 Å². The van der Waals surface area contributed by atoms with Crippen molar-refractivity contribution in [3.05, 3.63) is 46.2 Å². The molecule has 0 atom stereocenters. The van der Waals surface area contributed by atoms with Crippen LogP contribution < -0.4 is 5.56 Å². The van der Waals surface area contributed by atoms with Crippen molar-refractivity contribution >= 4 is 11.8 Å². The molecule has 1 aromatic heterocycles. The van der Waals surface area contributed by atoms with Crippen molar-refractivity contribution in [2.75, 3.05) is 12.4 Å². The number of rotatable bonds is 2. The van der Waals surface area contributed by atoms with Gasteiger partial charge in [0.15, 0.2) is 5.16 Å². The standard InChI is InChI=1S/C15H14N4OS/c1-2-18-9-19-14(20)12(8-16)13(17-15(19)21-10-18)11-6-4-3-5-7-11/h3-7H,2,9-10H2,1H3. The number of thioether (sulfide) groups is 1. The third-order valence-corrected chi connectivity index (χ3v) is 4.52. The quantitative estimate of drug-likeness (QED) is 0.795. The van der Waals surface area contributed by atoms with Gasteiger partial charge in [0, 0.05) is 5.56 Å². The number of fused-ring (bicyclic) bond motifs is 1. The Hall–Kier alpha value is -2.10. The molecule has 1 aliphatic rings. The second-order valence-electron chi connectivity index (χ2n) is 4.73. The summed E-state index contributed by atoms with van der Waals surface area (Å²) in [5, 5.41) is 10.0. The first kappa shape index (κ1) is 13.9. The smallest absolute Gasteiger partial charge is 0.273 e. The largest absolute Gasteiger partial charge is 0.276 e.